The molecule has 10 heteroatoms. The van der Waals surface area contributed by atoms with E-state index in [1.807, 2.05) is 33.8 Å². The van der Waals surface area contributed by atoms with Crippen molar-refractivity contribution in [3.8, 4) is 17.1 Å². The molecule has 9 nitrogen and oxygen atoms in total. The van der Waals surface area contributed by atoms with E-state index in [0.717, 1.165) is 4.80 Å². The monoisotopic (exact) mass is 530 g/mol. The van der Waals surface area contributed by atoms with Crippen LogP contribution in [-0.4, -0.2) is 44.2 Å². The number of anilines is 1. The van der Waals surface area contributed by atoms with Gasteiger partial charge in [-0.2, -0.15) is 4.80 Å². The van der Waals surface area contributed by atoms with E-state index >= 15 is 0 Å². The Kier molecular flexibility index (Phi) is 8.33. The van der Waals surface area contributed by atoms with E-state index < -0.39 is 17.5 Å². The summed E-state index contributed by atoms with van der Waals surface area (Å²) in [6.45, 7) is 7.76. The fourth-order valence-electron chi connectivity index (χ4n) is 4.02. The van der Waals surface area contributed by atoms with Gasteiger partial charge in [-0.3, -0.25) is 14.5 Å². The summed E-state index contributed by atoms with van der Waals surface area (Å²) in [5, 5.41) is 15.3. The molecule has 1 atom stereocenters. The number of hydrogen-bond acceptors (Lipinski definition) is 6. The van der Waals surface area contributed by atoms with Crippen LogP contribution >= 0.6 is 0 Å². The molecule has 4 aromatic rings. The van der Waals surface area contributed by atoms with E-state index in [4.69, 9.17) is 4.74 Å². The zero-order chi connectivity index (χ0) is 28.0. The van der Waals surface area contributed by atoms with Crippen molar-refractivity contribution in [3.05, 3.63) is 90.2 Å². The number of hydrogen-bond donors (Lipinski definition) is 1. The number of nitrogens with zero attached hydrogens (tertiary/aromatic N) is 5. The molecule has 0 fully saturated rings. The maximum absolute atomic E-state index is 13.9. The summed E-state index contributed by atoms with van der Waals surface area (Å²) in [6, 6.07) is 20.8. The van der Waals surface area contributed by atoms with Gasteiger partial charge in [0, 0.05) is 16.8 Å². The number of para-hydroxylation sites is 1. The Morgan fingerprint density at radius 1 is 1.00 bits per heavy atom. The van der Waals surface area contributed by atoms with Gasteiger partial charge in [-0.15, -0.1) is 10.2 Å². The SMILES string of the molecule is CCOc1ccc([C@H](C(=O)NC(C)(C)C)N(C(=O)Cn2nnc(-c3ccc(F)cc3)n2)c2ccccc2)cc1. The number of ether oxygens (including phenoxy) is 1. The first-order chi connectivity index (χ1) is 18.6. The molecule has 0 aliphatic rings. The summed E-state index contributed by atoms with van der Waals surface area (Å²) < 4.78 is 18.9. The number of nitrogens with one attached hydrogen (secondary N) is 1. The van der Waals surface area contributed by atoms with Gasteiger partial charge >= 0.3 is 0 Å². The number of amides is 2. The van der Waals surface area contributed by atoms with Crippen molar-refractivity contribution in [1.29, 1.82) is 0 Å². The Labute approximate surface area is 226 Å². The van der Waals surface area contributed by atoms with Gasteiger partial charge in [0.2, 0.25) is 11.7 Å². The van der Waals surface area contributed by atoms with Crippen LogP contribution in [0.1, 0.15) is 39.3 Å². The van der Waals surface area contributed by atoms with Crippen LogP contribution in [-0.2, 0) is 16.1 Å². The Morgan fingerprint density at radius 2 is 1.67 bits per heavy atom. The van der Waals surface area contributed by atoms with Crippen molar-refractivity contribution in [2.24, 2.45) is 0 Å². The van der Waals surface area contributed by atoms with Gasteiger partial charge in [-0.1, -0.05) is 30.3 Å². The Bertz CT molecular complexity index is 1400. The average molecular weight is 531 g/mol. The summed E-state index contributed by atoms with van der Waals surface area (Å²) in [6.07, 6.45) is 0. The first-order valence-corrected chi connectivity index (χ1v) is 12.6. The number of halogens is 1. The molecule has 1 aromatic heterocycles. The van der Waals surface area contributed by atoms with Gasteiger partial charge < -0.3 is 10.1 Å². The molecule has 0 unspecified atom stereocenters. The lowest BCUT2D eigenvalue weighted by atomic mass is 10.0. The summed E-state index contributed by atoms with van der Waals surface area (Å²) in [4.78, 5) is 30.2. The van der Waals surface area contributed by atoms with E-state index in [9.17, 15) is 14.0 Å². The number of carbonyl (C=O) groups excluding carboxylic acids is 2. The largest absolute Gasteiger partial charge is 0.494 e. The topological polar surface area (TPSA) is 102 Å². The standard InChI is InChI=1S/C29H31FN6O3/c1-5-39-24-17-13-20(14-18-24)26(28(38)31-29(2,3)4)36(23-9-7-6-8-10-23)25(37)19-35-33-27(32-34-35)21-11-15-22(30)16-12-21/h6-18,26H,5,19H2,1-4H3,(H,31,38)/t26-/m1/s1. The second-order valence-corrected chi connectivity index (χ2v) is 9.89. The van der Waals surface area contributed by atoms with Crippen molar-refractivity contribution < 1.29 is 18.7 Å². The maximum Gasteiger partial charge on any atom is 0.251 e. The smallest absolute Gasteiger partial charge is 0.251 e. The molecular weight excluding hydrogens is 499 g/mol. The predicted octanol–water partition coefficient (Wildman–Crippen LogP) is 4.57. The highest BCUT2D eigenvalue weighted by molar-refractivity contribution is 6.01. The molecule has 0 spiro atoms. The Balaban J connectivity index is 1.71. The second-order valence-electron chi connectivity index (χ2n) is 9.89. The second kappa shape index (κ2) is 11.8. The third-order valence-electron chi connectivity index (χ3n) is 5.65. The number of carbonyl (C=O) groups is 2. The highest BCUT2D eigenvalue weighted by atomic mass is 19.1. The maximum atomic E-state index is 13.9. The minimum atomic E-state index is -0.991. The van der Waals surface area contributed by atoms with Gasteiger partial charge in [0.15, 0.2) is 0 Å². The van der Waals surface area contributed by atoms with Crippen molar-refractivity contribution in [1.82, 2.24) is 25.5 Å². The van der Waals surface area contributed by atoms with E-state index in [1.165, 1.54) is 29.2 Å². The third kappa shape index (κ3) is 7.04. The van der Waals surface area contributed by atoms with E-state index in [0.29, 0.717) is 29.2 Å². The first-order valence-electron chi connectivity index (χ1n) is 12.6. The molecule has 0 saturated carbocycles. The van der Waals surface area contributed by atoms with Gasteiger partial charge in [0.25, 0.3) is 5.91 Å². The zero-order valence-electron chi connectivity index (χ0n) is 22.3. The first kappa shape index (κ1) is 27.4. The van der Waals surface area contributed by atoms with Gasteiger partial charge in [0.05, 0.1) is 6.61 Å². The van der Waals surface area contributed by atoms with E-state index in [1.54, 1.807) is 48.5 Å². The van der Waals surface area contributed by atoms with E-state index in [2.05, 4.69) is 20.7 Å². The lowest BCUT2D eigenvalue weighted by molar-refractivity contribution is -0.128. The molecule has 1 N–H and O–H groups in total. The molecule has 2 amide bonds. The molecule has 39 heavy (non-hydrogen) atoms. The number of tetrazole rings is 1. The van der Waals surface area contributed by atoms with Gasteiger partial charge in [-0.25, -0.2) is 4.39 Å². The van der Waals surface area contributed by atoms with Crippen molar-refractivity contribution in [2.45, 2.75) is 45.8 Å². The lowest BCUT2D eigenvalue weighted by Crippen LogP contribution is -2.50. The molecule has 3 aromatic carbocycles. The Hall–Kier alpha value is -4.60. The number of rotatable bonds is 9. The predicted molar refractivity (Wildman–Crippen MR) is 145 cm³/mol. The molecule has 4 rings (SSSR count). The minimum absolute atomic E-state index is 0.252. The summed E-state index contributed by atoms with van der Waals surface area (Å²) in [7, 11) is 0. The fraction of sp³-hybridized carbons (Fsp3) is 0.276. The van der Waals surface area contributed by atoms with Crippen LogP contribution in [0.2, 0.25) is 0 Å². The quantitative estimate of drug-likeness (QED) is 0.340. The normalized spacial score (nSPS) is 12.0. The van der Waals surface area contributed by atoms with Crippen molar-refractivity contribution >= 4 is 17.5 Å². The molecule has 1 heterocycles. The highest BCUT2D eigenvalue weighted by Gasteiger charge is 2.34. The third-order valence-corrected chi connectivity index (χ3v) is 5.65. The van der Waals surface area contributed by atoms with Crippen LogP contribution in [0.15, 0.2) is 78.9 Å². The van der Waals surface area contributed by atoms with Crippen LogP contribution in [0.5, 0.6) is 5.75 Å². The molecule has 0 aliphatic carbocycles. The van der Waals surface area contributed by atoms with Crippen LogP contribution in [0.4, 0.5) is 10.1 Å². The van der Waals surface area contributed by atoms with Crippen LogP contribution in [0, 0.1) is 5.82 Å². The van der Waals surface area contributed by atoms with Crippen LogP contribution < -0.4 is 15.0 Å². The zero-order valence-corrected chi connectivity index (χ0v) is 22.3. The van der Waals surface area contributed by atoms with Crippen molar-refractivity contribution in [3.63, 3.8) is 0 Å². The average Bonchev–Trinajstić information content (AvgIpc) is 3.36. The minimum Gasteiger partial charge on any atom is -0.494 e. The molecule has 202 valence electrons. The van der Waals surface area contributed by atoms with E-state index in [-0.39, 0.29) is 24.1 Å². The summed E-state index contributed by atoms with van der Waals surface area (Å²) in [5.41, 5.74) is 1.16. The lowest BCUT2D eigenvalue weighted by Gasteiger charge is -2.33. The van der Waals surface area contributed by atoms with Crippen LogP contribution in [0.25, 0.3) is 11.4 Å². The molecule has 0 aliphatic heterocycles. The molecule has 0 radical (unpaired) electrons. The molecule has 0 saturated heterocycles. The van der Waals surface area contributed by atoms with Gasteiger partial charge in [0.1, 0.15) is 24.2 Å². The number of benzene rings is 3. The number of aromatic nitrogens is 4. The molecule has 0 bridgehead atoms. The van der Waals surface area contributed by atoms with Crippen molar-refractivity contribution in [2.75, 3.05) is 11.5 Å². The van der Waals surface area contributed by atoms with Gasteiger partial charge in [-0.05, 0) is 87.0 Å². The Morgan fingerprint density at radius 3 is 2.28 bits per heavy atom. The summed E-state index contributed by atoms with van der Waals surface area (Å²) >= 11 is 0. The highest BCUT2D eigenvalue weighted by Crippen LogP contribution is 2.30. The van der Waals surface area contributed by atoms with Crippen LogP contribution in [0.3, 0.4) is 0 Å². The fourth-order valence-corrected chi connectivity index (χ4v) is 4.02. The molecular formula is C29H31FN6O3. The summed E-state index contributed by atoms with van der Waals surface area (Å²) in [5.74, 6) is -0.236.